The smallest absolute Gasteiger partial charge is 0.303 e. The summed E-state index contributed by atoms with van der Waals surface area (Å²) in [5, 5.41) is 8.66. The summed E-state index contributed by atoms with van der Waals surface area (Å²) >= 11 is 0. The summed E-state index contributed by atoms with van der Waals surface area (Å²) in [4.78, 5) is 24.8. The third-order valence-corrected chi connectivity index (χ3v) is 3.74. The summed E-state index contributed by atoms with van der Waals surface area (Å²) in [5.74, 6) is -0.302. The average Bonchev–Trinajstić information content (AvgIpc) is 2.50. The Morgan fingerprint density at radius 1 is 1.33 bits per heavy atom. The van der Waals surface area contributed by atoms with E-state index in [1.165, 1.54) is 0 Å². The van der Waals surface area contributed by atoms with E-state index in [0.717, 1.165) is 30.9 Å². The Hall–Kier alpha value is -2.04. The second-order valence-electron chi connectivity index (χ2n) is 5.19. The van der Waals surface area contributed by atoms with Crippen LogP contribution in [0.15, 0.2) is 18.2 Å². The standard InChI is InChI=1S/C16H21NO4/c1-3-12-10-17(4-2)13-9-11(5-7-15(13)21-12)14(18)6-8-16(19)20/h5,7,9,12H,3-4,6,8,10H2,1-2H3,(H,19,20). The van der Waals surface area contributed by atoms with Crippen LogP contribution in [0.5, 0.6) is 5.75 Å². The molecule has 0 aliphatic carbocycles. The number of aliphatic carboxylic acids is 1. The van der Waals surface area contributed by atoms with Crippen molar-refractivity contribution in [3.05, 3.63) is 23.8 Å². The molecule has 1 aromatic rings. The molecule has 1 heterocycles. The lowest BCUT2D eigenvalue weighted by Gasteiger charge is -2.35. The van der Waals surface area contributed by atoms with E-state index in [-0.39, 0.29) is 24.7 Å². The van der Waals surface area contributed by atoms with Gasteiger partial charge in [0.05, 0.1) is 18.7 Å². The van der Waals surface area contributed by atoms with Gasteiger partial charge < -0.3 is 14.7 Å². The molecule has 0 amide bonds. The summed E-state index contributed by atoms with van der Waals surface area (Å²) in [6.07, 6.45) is 1.00. The van der Waals surface area contributed by atoms with Gasteiger partial charge in [0.2, 0.25) is 0 Å². The summed E-state index contributed by atoms with van der Waals surface area (Å²) in [6.45, 7) is 5.82. The molecule has 0 radical (unpaired) electrons. The first kappa shape index (κ1) is 15.4. The highest BCUT2D eigenvalue weighted by molar-refractivity contribution is 5.98. The molecule has 0 fully saturated rings. The van der Waals surface area contributed by atoms with Gasteiger partial charge in [-0.1, -0.05) is 6.92 Å². The van der Waals surface area contributed by atoms with Gasteiger partial charge in [-0.05, 0) is 31.5 Å². The zero-order valence-electron chi connectivity index (χ0n) is 12.5. The number of carboxylic acid groups (broad SMARTS) is 1. The number of nitrogens with zero attached hydrogens (tertiary/aromatic N) is 1. The van der Waals surface area contributed by atoms with E-state index in [1.54, 1.807) is 6.07 Å². The van der Waals surface area contributed by atoms with E-state index in [0.29, 0.717) is 5.56 Å². The fourth-order valence-corrected chi connectivity index (χ4v) is 2.48. The molecule has 1 atom stereocenters. The molecule has 0 bridgehead atoms. The number of hydrogen-bond donors (Lipinski definition) is 1. The molecule has 5 heteroatoms. The SMILES string of the molecule is CCC1CN(CC)c2cc(C(=O)CCC(=O)O)ccc2O1. The number of carbonyl (C=O) groups excluding carboxylic acids is 1. The van der Waals surface area contributed by atoms with E-state index >= 15 is 0 Å². The van der Waals surface area contributed by atoms with E-state index in [9.17, 15) is 9.59 Å². The van der Waals surface area contributed by atoms with Crippen molar-refractivity contribution in [1.29, 1.82) is 0 Å². The molecule has 0 aromatic heterocycles. The monoisotopic (exact) mass is 291 g/mol. The Kier molecular flexibility index (Phi) is 4.83. The van der Waals surface area contributed by atoms with Gasteiger partial charge in [0.15, 0.2) is 5.78 Å². The predicted molar refractivity (Wildman–Crippen MR) is 80.2 cm³/mol. The fourth-order valence-electron chi connectivity index (χ4n) is 2.48. The number of benzene rings is 1. The molecule has 1 aromatic carbocycles. The van der Waals surface area contributed by atoms with Gasteiger partial charge in [-0.2, -0.15) is 0 Å². The minimum atomic E-state index is -0.953. The molecule has 0 spiro atoms. The van der Waals surface area contributed by atoms with E-state index in [1.807, 2.05) is 12.1 Å². The van der Waals surface area contributed by atoms with E-state index < -0.39 is 5.97 Å². The molecule has 1 unspecified atom stereocenters. The highest BCUT2D eigenvalue weighted by atomic mass is 16.5. The second kappa shape index (κ2) is 6.61. The lowest BCUT2D eigenvalue weighted by atomic mass is 10.0. The van der Waals surface area contributed by atoms with E-state index in [4.69, 9.17) is 9.84 Å². The van der Waals surface area contributed by atoms with Crippen molar-refractivity contribution in [3.63, 3.8) is 0 Å². The zero-order valence-corrected chi connectivity index (χ0v) is 12.5. The van der Waals surface area contributed by atoms with Gasteiger partial charge in [-0.25, -0.2) is 0 Å². The Labute approximate surface area is 124 Å². The molecular formula is C16H21NO4. The Morgan fingerprint density at radius 3 is 2.71 bits per heavy atom. The molecule has 114 valence electrons. The number of Topliss-reactive ketones (excluding diaryl/α,β-unsaturated/α-hetero) is 1. The van der Waals surface area contributed by atoms with Crippen molar-refractivity contribution in [2.75, 3.05) is 18.0 Å². The van der Waals surface area contributed by atoms with Gasteiger partial charge in [0.1, 0.15) is 11.9 Å². The third kappa shape index (κ3) is 3.54. The van der Waals surface area contributed by atoms with Gasteiger partial charge in [0.25, 0.3) is 0 Å². The Balaban J connectivity index is 2.21. The molecule has 1 aliphatic rings. The van der Waals surface area contributed by atoms with Crippen LogP contribution in [0.4, 0.5) is 5.69 Å². The number of likely N-dealkylation sites (N-methyl/N-ethyl adjacent to an activating group) is 1. The van der Waals surface area contributed by atoms with Crippen molar-refractivity contribution < 1.29 is 19.4 Å². The van der Waals surface area contributed by atoms with Crippen LogP contribution in [0.2, 0.25) is 0 Å². The number of hydrogen-bond acceptors (Lipinski definition) is 4. The molecule has 5 nitrogen and oxygen atoms in total. The minimum Gasteiger partial charge on any atom is -0.486 e. The molecule has 21 heavy (non-hydrogen) atoms. The van der Waals surface area contributed by atoms with Crippen molar-refractivity contribution >= 4 is 17.4 Å². The summed E-state index contributed by atoms with van der Waals surface area (Å²) in [7, 11) is 0. The maximum absolute atomic E-state index is 12.0. The number of ketones is 1. The molecule has 0 saturated carbocycles. The molecule has 0 saturated heterocycles. The first-order chi connectivity index (χ1) is 10.0. The average molecular weight is 291 g/mol. The van der Waals surface area contributed by atoms with Crippen LogP contribution in [-0.4, -0.2) is 36.1 Å². The topological polar surface area (TPSA) is 66.8 Å². The summed E-state index contributed by atoms with van der Waals surface area (Å²) < 4.78 is 5.90. The van der Waals surface area contributed by atoms with E-state index in [2.05, 4.69) is 18.7 Å². The van der Waals surface area contributed by atoms with Crippen LogP contribution in [0.3, 0.4) is 0 Å². The summed E-state index contributed by atoms with van der Waals surface area (Å²) in [5.41, 5.74) is 1.47. The molecule has 2 rings (SSSR count). The number of carboxylic acids is 1. The lowest BCUT2D eigenvalue weighted by Crippen LogP contribution is -2.39. The minimum absolute atomic E-state index is 0.0265. The van der Waals surface area contributed by atoms with Gasteiger partial charge in [-0.3, -0.25) is 9.59 Å². The van der Waals surface area contributed by atoms with Crippen LogP contribution in [-0.2, 0) is 4.79 Å². The van der Waals surface area contributed by atoms with Crippen LogP contribution >= 0.6 is 0 Å². The normalized spacial score (nSPS) is 17.0. The highest BCUT2D eigenvalue weighted by Crippen LogP contribution is 2.35. The highest BCUT2D eigenvalue weighted by Gasteiger charge is 2.24. The quantitative estimate of drug-likeness (QED) is 0.816. The van der Waals surface area contributed by atoms with Crippen LogP contribution in [0.1, 0.15) is 43.5 Å². The maximum Gasteiger partial charge on any atom is 0.303 e. The van der Waals surface area contributed by atoms with Crippen molar-refractivity contribution in [3.8, 4) is 5.75 Å². The van der Waals surface area contributed by atoms with Gasteiger partial charge in [-0.15, -0.1) is 0 Å². The fraction of sp³-hybridized carbons (Fsp3) is 0.500. The number of rotatable bonds is 6. The Morgan fingerprint density at radius 2 is 2.10 bits per heavy atom. The molecular weight excluding hydrogens is 270 g/mol. The number of carbonyl (C=O) groups is 2. The third-order valence-electron chi connectivity index (χ3n) is 3.74. The van der Waals surface area contributed by atoms with Crippen molar-refractivity contribution in [2.45, 2.75) is 39.2 Å². The molecule has 1 aliphatic heterocycles. The van der Waals surface area contributed by atoms with Crippen LogP contribution < -0.4 is 9.64 Å². The number of ether oxygens (including phenoxy) is 1. The van der Waals surface area contributed by atoms with Crippen molar-refractivity contribution in [1.82, 2.24) is 0 Å². The second-order valence-corrected chi connectivity index (χ2v) is 5.19. The van der Waals surface area contributed by atoms with Crippen molar-refractivity contribution in [2.24, 2.45) is 0 Å². The number of fused-ring (bicyclic) bond motifs is 1. The Bertz CT molecular complexity index is 541. The molecule has 1 N–H and O–H groups in total. The van der Waals surface area contributed by atoms with Gasteiger partial charge in [0, 0.05) is 18.5 Å². The first-order valence-electron chi connectivity index (χ1n) is 7.35. The van der Waals surface area contributed by atoms with Crippen LogP contribution in [0.25, 0.3) is 0 Å². The largest absolute Gasteiger partial charge is 0.486 e. The zero-order chi connectivity index (χ0) is 15.4. The number of anilines is 1. The first-order valence-corrected chi connectivity index (χ1v) is 7.35. The predicted octanol–water partition coefficient (Wildman–Crippen LogP) is 2.73. The summed E-state index contributed by atoms with van der Waals surface area (Å²) in [6, 6.07) is 5.34. The van der Waals surface area contributed by atoms with Gasteiger partial charge >= 0.3 is 5.97 Å². The lowest BCUT2D eigenvalue weighted by molar-refractivity contribution is -0.136. The van der Waals surface area contributed by atoms with Crippen LogP contribution in [0, 0.1) is 0 Å². The maximum atomic E-state index is 12.0.